The third kappa shape index (κ3) is 2.35. The van der Waals surface area contributed by atoms with Gasteiger partial charge in [-0.15, -0.1) is 0 Å². The molecule has 0 unspecified atom stereocenters. The summed E-state index contributed by atoms with van der Waals surface area (Å²) in [4.78, 5) is 12.4. The Hall–Kier alpha value is -2.40. The van der Waals surface area contributed by atoms with Crippen LogP contribution in [0.4, 0.5) is 4.39 Å². The Labute approximate surface area is 119 Å². The summed E-state index contributed by atoms with van der Waals surface area (Å²) in [5.74, 6) is -0.626. The SMILES string of the molecule is O=C(c1ccc(F)cc1)c1nsnc1-c1ccccc1. The Kier molecular flexibility index (Phi) is 3.35. The van der Waals surface area contributed by atoms with Crippen LogP contribution < -0.4 is 0 Å². The molecule has 1 aromatic heterocycles. The Morgan fingerprint density at radius 3 is 2.35 bits per heavy atom. The van der Waals surface area contributed by atoms with Crippen LogP contribution in [-0.4, -0.2) is 14.5 Å². The molecule has 0 atom stereocenters. The van der Waals surface area contributed by atoms with E-state index in [0.29, 0.717) is 17.0 Å². The van der Waals surface area contributed by atoms with Gasteiger partial charge in [0.1, 0.15) is 11.5 Å². The van der Waals surface area contributed by atoms with Gasteiger partial charge in [-0.1, -0.05) is 30.3 Å². The predicted octanol–water partition coefficient (Wildman–Crippen LogP) is 3.58. The summed E-state index contributed by atoms with van der Waals surface area (Å²) < 4.78 is 21.2. The van der Waals surface area contributed by atoms with E-state index < -0.39 is 0 Å². The van der Waals surface area contributed by atoms with Crippen LogP contribution in [0.1, 0.15) is 16.1 Å². The minimum Gasteiger partial charge on any atom is -0.287 e. The van der Waals surface area contributed by atoms with Crippen molar-refractivity contribution in [2.75, 3.05) is 0 Å². The molecule has 3 nitrogen and oxygen atoms in total. The van der Waals surface area contributed by atoms with E-state index in [2.05, 4.69) is 8.75 Å². The van der Waals surface area contributed by atoms with E-state index in [4.69, 9.17) is 0 Å². The lowest BCUT2D eigenvalue weighted by molar-refractivity contribution is 0.103. The van der Waals surface area contributed by atoms with Gasteiger partial charge < -0.3 is 0 Å². The monoisotopic (exact) mass is 284 g/mol. The molecular weight excluding hydrogens is 275 g/mol. The number of halogens is 1. The van der Waals surface area contributed by atoms with Crippen LogP contribution in [0.3, 0.4) is 0 Å². The number of aromatic nitrogens is 2. The highest BCUT2D eigenvalue weighted by atomic mass is 32.1. The van der Waals surface area contributed by atoms with Crippen LogP contribution in [0.2, 0.25) is 0 Å². The van der Waals surface area contributed by atoms with Gasteiger partial charge in [-0.3, -0.25) is 4.79 Å². The molecule has 0 amide bonds. The highest BCUT2D eigenvalue weighted by molar-refractivity contribution is 6.99. The number of hydrogen-bond acceptors (Lipinski definition) is 4. The van der Waals surface area contributed by atoms with Crippen molar-refractivity contribution in [2.45, 2.75) is 0 Å². The van der Waals surface area contributed by atoms with Gasteiger partial charge >= 0.3 is 0 Å². The average Bonchev–Trinajstić information content (AvgIpc) is 2.97. The van der Waals surface area contributed by atoms with Gasteiger partial charge in [0.05, 0.1) is 11.7 Å². The summed E-state index contributed by atoms with van der Waals surface area (Å²) in [5.41, 5.74) is 2.10. The molecule has 0 aliphatic carbocycles. The van der Waals surface area contributed by atoms with Crippen LogP contribution in [-0.2, 0) is 0 Å². The number of benzene rings is 2. The van der Waals surface area contributed by atoms with Crippen LogP contribution in [0, 0.1) is 5.82 Å². The molecule has 0 bridgehead atoms. The summed E-state index contributed by atoms with van der Waals surface area (Å²) in [6.45, 7) is 0. The van der Waals surface area contributed by atoms with Crippen LogP contribution >= 0.6 is 11.7 Å². The van der Waals surface area contributed by atoms with Crippen molar-refractivity contribution < 1.29 is 9.18 Å². The van der Waals surface area contributed by atoms with Crippen LogP contribution in [0.25, 0.3) is 11.3 Å². The lowest BCUT2D eigenvalue weighted by Gasteiger charge is -2.01. The number of carbonyl (C=O) groups excluding carboxylic acids is 1. The quantitative estimate of drug-likeness (QED) is 0.690. The second-order valence-electron chi connectivity index (χ2n) is 4.16. The largest absolute Gasteiger partial charge is 0.287 e. The first-order chi connectivity index (χ1) is 9.75. The number of nitrogens with zero attached hydrogens (tertiary/aromatic N) is 2. The molecule has 3 rings (SSSR count). The first-order valence-electron chi connectivity index (χ1n) is 5.94. The Bertz CT molecular complexity index is 738. The number of hydrogen-bond donors (Lipinski definition) is 0. The molecule has 0 saturated heterocycles. The van der Waals surface area contributed by atoms with Crippen molar-refractivity contribution in [1.29, 1.82) is 0 Å². The fraction of sp³-hybridized carbons (Fsp3) is 0. The van der Waals surface area contributed by atoms with Crippen LogP contribution in [0.15, 0.2) is 54.6 Å². The summed E-state index contributed by atoms with van der Waals surface area (Å²) in [5, 5.41) is 0. The van der Waals surface area contributed by atoms with E-state index in [1.54, 1.807) is 0 Å². The molecule has 0 fully saturated rings. The van der Waals surface area contributed by atoms with E-state index in [0.717, 1.165) is 17.3 Å². The Morgan fingerprint density at radius 1 is 0.950 bits per heavy atom. The second-order valence-corrected chi connectivity index (χ2v) is 4.69. The summed E-state index contributed by atoms with van der Waals surface area (Å²) in [6, 6.07) is 14.8. The minimum absolute atomic E-state index is 0.252. The smallest absolute Gasteiger partial charge is 0.214 e. The zero-order chi connectivity index (χ0) is 13.9. The second kappa shape index (κ2) is 5.30. The molecule has 0 radical (unpaired) electrons. The summed E-state index contributed by atoms with van der Waals surface area (Å²) in [7, 11) is 0. The average molecular weight is 284 g/mol. The fourth-order valence-electron chi connectivity index (χ4n) is 1.86. The standard InChI is InChI=1S/C15H9FN2OS/c16-12-8-6-11(7-9-12)15(19)14-13(17-20-18-14)10-4-2-1-3-5-10/h1-9H. The van der Waals surface area contributed by atoms with Crippen molar-refractivity contribution in [2.24, 2.45) is 0 Å². The van der Waals surface area contributed by atoms with Gasteiger partial charge in [-0.2, -0.15) is 8.75 Å². The first kappa shape index (κ1) is 12.6. The third-order valence-electron chi connectivity index (χ3n) is 2.86. The molecule has 0 saturated carbocycles. The van der Waals surface area contributed by atoms with Gasteiger partial charge in [-0.25, -0.2) is 4.39 Å². The molecule has 0 spiro atoms. The lowest BCUT2D eigenvalue weighted by Crippen LogP contribution is -2.03. The van der Waals surface area contributed by atoms with E-state index in [1.807, 2.05) is 30.3 Å². The number of ketones is 1. The maximum absolute atomic E-state index is 12.9. The van der Waals surface area contributed by atoms with E-state index in [1.165, 1.54) is 24.3 Å². The van der Waals surface area contributed by atoms with Gasteiger partial charge in [0, 0.05) is 11.1 Å². The normalized spacial score (nSPS) is 10.4. The topological polar surface area (TPSA) is 42.9 Å². The van der Waals surface area contributed by atoms with Gasteiger partial charge in [0.25, 0.3) is 0 Å². The maximum atomic E-state index is 12.9. The van der Waals surface area contributed by atoms with E-state index in [9.17, 15) is 9.18 Å². The highest BCUT2D eigenvalue weighted by Gasteiger charge is 2.19. The predicted molar refractivity (Wildman–Crippen MR) is 75.2 cm³/mol. The molecule has 0 aliphatic heterocycles. The van der Waals surface area contributed by atoms with Crippen molar-refractivity contribution >= 4 is 17.5 Å². The Balaban J connectivity index is 2.02. The van der Waals surface area contributed by atoms with Crippen molar-refractivity contribution in [3.63, 3.8) is 0 Å². The third-order valence-corrected chi connectivity index (χ3v) is 3.39. The molecule has 20 heavy (non-hydrogen) atoms. The Morgan fingerprint density at radius 2 is 1.65 bits per heavy atom. The zero-order valence-electron chi connectivity index (χ0n) is 10.3. The molecule has 3 aromatic rings. The lowest BCUT2D eigenvalue weighted by atomic mass is 10.0. The highest BCUT2D eigenvalue weighted by Crippen LogP contribution is 2.23. The van der Waals surface area contributed by atoms with Crippen molar-refractivity contribution in [3.8, 4) is 11.3 Å². The van der Waals surface area contributed by atoms with Gasteiger partial charge in [0.2, 0.25) is 5.78 Å². The van der Waals surface area contributed by atoms with Gasteiger partial charge in [-0.05, 0) is 24.3 Å². The van der Waals surface area contributed by atoms with Gasteiger partial charge in [0.15, 0.2) is 5.69 Å². The first-order valence-corrected chi connectivity index (χ1v) is 6.67. The van der Waals surface area contributed by atoms with E-state index in [-0.39, 0.29) is 11.6 Å². The fourth-order valence-corrected chi connectivity index (χ4v) is 2.43. The number of carbonyl (C=O) groups is 1. The van der Waals surface area contributed by atoms with Crippen molar-refractivity contribution in [1.82, 2.24) is 8.75 Å². The minimum atomic E-state index is -0.374. The van der Waals surface area contributed by atoms with Crippen molar-refractivity contribution in [3.05, 3.63) is 71.7 Å². The molecule has 2 aromatic carbocycles. The molecule has 5 heteroatoms. The molecule has 1 heterocycles. The number of rotatable bonds is 3. The molecular formula is C15H9FN2OS. The molecule has 98 valence electrons. The molecule has 0 aliphatic rings. The van der Waals surface area contributed by atoms with Crippen LogP contribution in [0.5, 0.6) is 0 Å². The summed E-state index contributed by atoms with van der Waals surface area (Å²) in [6.07, 6.45) is 0. The summed E-state index contributed by atoms with van der Waals surface area (Å²) >= 11 is 0.992. The molecule has 0 N–H and O–H groups in total. The van der Waals surface area contributed by atoms with E-state index >= 15 is 0 Å². The maximum Gasteiger partial charge on any atom is 0.214 e. The zero-order valence-corrected chi connectivity index (χ0v) is 11.1.